The fourth-order valence-corrected chi connectivity index (χ4v) is 5.44. The van der Waals surface area contributed by atoms with Crippen molar-refractivity contribution in [2.75, 3.05) is 4.90 Å². The van der Waals surface area contributed by atoms with E-state index in [1.807, 2.05) is 61.7 Å². The Hall–Kier alpha value is -4.42. The van der Waals surface area contributed by atoms with Crippen molar-refractivity contribution < 1.29 is 4.74 Å². The number of pyridine rings is 1. The van der Waals surface area contributed by atoms with Crippen LogP contribution in [0.15, 0.2) is 116 Å². The van der Waals surface area contributed by atoms with E-state index in [0.717, 1.165) is 39.8 Å². The molecule has 6 heteroatoms. The molecule has 2 aromatic heterocycles. The van der Waals surface area contributed by atoms with Crippen LogP contribution in [0.1, 0.15) is 34.6 Å². The van der Waals surface area contributed by atoms with E-state index in [0.29, 0.717) is 5.11 Å². The molecule has 1 N–H and O–H groups in total. The molecular formula is C32H28N4OS. The minimum Gasteiger partial charge on any atom is -0.457 e. The van der Waals surface area contributed by atoms with Gasteiger partial charge in [-0.1, -0.05) is 42.5 Å². The minimum absolute atomic E-state index is 0.116. The lowest BCUT2D eigenvalue weighted by molar-refractivity contribution is 0.479. The van der Waals surface area contributed by atoms with Gasteiger partial charge in [-0.05, 0) is 97.9 Å². The number of thiocarbonyl (C=S) groups is 1. The van der Waals surface area contributed by atoms with E-state index in [4.69, 9.17) is 21.9 Å². The number of aryl methyl sites for hydroxylation is 2. The van der Waals surface area contributed by atoms with Crippen LogP contribution in [0.5, 0.6) is 11.5 Å². The molecule has 0 radical (unpaired) electrons. The maximum absolute atomic E-state index is 6.15. The van der Waals surface area contributed by atoms with Crippen LogP contribution in [-0.4, -0.2) is 14.7 Å². The van der Waals surface area contributed by atoms with Crippen molar-refractivity contribution in [1.82, 2.24) is 14.9 Å². The highest BCUT2D eigenvalue weighted by molar-refractivity contribution is 7.80. The number of nitrogens with one attached hydrogen (secondary N) is 1. The summed E-state index contributed by atoms with van der Waals surface area (Å²) in [6, 6.07) is 34.6. The van der Waals surface area contributed by atoms with Crippen LogP contribution >= 0.6 is 12.2 Å². The summed E-state index contributed by atoms with van der Waals surface area (Å²) in [5.41, 5.74) is 6.50. The minimum atomic E-state index is -0.121. The summed E-state index contributed by atoms with van der Waals surface area (Å²) in [5, 5.41) is 4.23. The maximum Gasteiger partial charge on any atom is 0.174 e. The number of rotatable bonds is 6. The molecule has 2 atom stereocenters. The van der Waals surface area contributed by atoms with Crippen LogP contribution in [-0.2, 0) is 0 Å². The molecule has 0 unspecified atom stereocenters. The van der Waals surface area contributed by atoms with Crippen molar-refractivity contribution in [3.8, 4) is 17.2 Å². The first-order valence-electron chi connectivity index (χ1n) is 12.7. The van der Waals surface area contributed by atoms with E-state index in [1.165, 1.54) is 5.56 Å². The zero-order valence-electron chi connectivity index (χ0n) is 21.3. The molecule has 1 aliphatic rings. The smallest absolute Gasteiger partial charge is 0.174 e. The second-order valence-corrected chi connectivity index (χ2v) is 9.83. The lowest BCUT2D eigenvalue weighted by Crippen LogP contribution is -2.30. The maximum atomic E-state index is 6.15. The van der Waals surface area contributed by atoms with Gasteiger partial charge in [-0.3, -0.25) is 4.98 Å². The molecule has 1 saturated heterocycles. The molecule has 1 fully saturated rings. The first-order valence-corrected chi connectivity index (χ1v) is 13.1. The number of benzene rings is 3. The summed E-state index contributed by atoms with van der Waals surface area (Å²) in [4.78, 5) is 6.89. The monoisotopic (exact) mass is 516 g/mol. The highest BCUT2D eigenvalue weighted by Crippen LogP contribution is 2.43. The van der Waals surface area contributed by atoms with Crippen molar-refractivity contribution in [3.05, 3.63) is 138 Å². The summed E-state index contributed by atoms with van der Waals surface area (Å²) in [7, 11) is 0. The Bertz CT molecular complexity index is 1580. The molecule has 0 spiro atoms. The Labute approximate surface area is 228 Å². The molecule has 6 rings (SSSR count). The second kappa shape index (κ2) is 10.1. The fourth-order valence-electron chi connectivity index (χ4n) is 5.09. The predicted molar refractivity (Wildman–Crippen MR) is 156 cm³/mol. The van der Waals surface area contributed by atoms with Gasteiger partial charge in [0.1, 0.15) is 17.5 Å². The first kappa shape index (κ1) is 23.9. The van der Waals surface area contributed by atoms with Gasteiger partial charge in [-0.15, -0.1) is 0 Å². The molecule has 0 aliphatic carbocycles. The van der Waals surface area contributed by atoms with Gasteiger partial charge in [0.25, 0.3) is 0 Å². The standard InChI is InChI=1S/C32H28N4OS/c1-22-10-3-5-13-27(22)35-21-9-14-28(35)31-30(26-12-7-8-20-33-26)34-32(38)36(31)24-16-18-25(19-17-24)37-29-15-6-4-11-23(29)2/h3-21,30-31H,1-2H3,(H,34,38)/t30-,31-/m0/s1. The SMILES string of the molecule is Cc1ccccc1Oc1ccc(N2C(=S)N[C@@H](c3ccccn3)[C@@H]2c2cccn2-c2ccccc2C)cc1. The summed E-state index contributed by atoms with van der Waals surface area (Å²) in [5.74, 6) is 1.63. The Kier molecular flexibility index (Phi) is 6.40. The molecule has 5 aromatic rings. The number of hydrogen-bond acceptors (Lipinski definition) is 3. The third-order valence-electron chi connectivity index (χ3n) is 6.99. The van der Waals surface area contributed by atoms with Gasteiger partial charge < -0.3 is 19.5 Å². The van der Waals surface area contributed by atoms with Crippen molar-refractivity contribution in [2.45, 2.75) is 25.9 Å². The van der Waals surface area contributed by atoms with E-state index in [9.17, 15) is 0 Å². The zero-order chi connectivity index (χ0) is 26.1. The van der Waals surface area contributed by atoms with Crippen molar-refractivity contribution in [2.24, 2.45) is 0 Å². The van der Waals surface area contributed by atoms with Crippen molar-refractivity contribution >= 4 is 23.0 Å². The number of aromatic nitrogens is 2. The zero-order valence-corrected chi connectivity index (χ0v) is 22.1. The Morgan fingerprint density at radius 2 is 1.53 bits per heavy atom. The van der Waals surface area contributed by atoms with Gasteiger partial charge in [-0.25, -0.2) is 0 Å². The highest BCUT2D eigenvalue weighted by Gasteiger charge is 2.42. The molecule has 188 valence electrons. The van der Waals surface area contributed by atoms with Gasteiger partial charge >= 0.3 is 0 Å². The third kappa shape index (κ3) is 4.44. The lowest BCUT2D eigenvalue weighted by Gasteiger charge is -2.29. The lowest BCUT2D eigenvalue weighted by atomic mass is 10.0. The molecule has 38 heavy (non-hydrogen) atoms. The van der Waals surface area contributed by atoms with Crippen LogP contribution in [0.2, 0.25) is 0 Å². The van der Waals surface area contributed by atoms with Crippen LogP contribution in [0.25, 0.3) is 5.69 Å². The molecule has 0 saturated carbocycles. The molecule has 5 nitrogen and oxygen atoms in total. The average molecular weight is 517 g/mol. The van der Waals surface area contributed by atoms with Crippen LogP contribution in [0, 0.1) is 13.8 Å². The Balaban J connectivity index is 1.41. The van der Waals surface area contributed by atoms with E-state index >= 15 is 0 Å². The fraction of sp³-hybridized carbons (Fsp3) is 0.125. The molecule has 0 amide bonds. The molecule has 1 aliphatic heterocycles. The van der Waals surface area contributed by atoms with Crippen LogP contribution in [0.4, 0.5) is 5.69 Å². The highest BCUT2D eigenvalue weighted by atomic mass is 32.1. The van der Waals surface area contributed by atoms with Crippen molar-refractivity contribution in [1.29, 1.82) is 0 Å². The van der Waals surface area contributed by atoms with Gasteiger partial charge in [0.15, 0.2) is 5.11 Å². The molecule has 0 bridgehead atoms. The van der Waals surface area contributed by atoms with E-state index in [1.54, 1.807) is 0 Å². The summed E-state index contributed by atoms with van der Waals surface area (Å²) < 4.78 is 8.41. The van der Waals surface area contributed by atoms with Crippen LogP contribution in [0.3, 0.4) is 0 Å². The van der Waals surface area contributed by atoms with Gasteiger partial charge in [0, 0.05) is 29.5 Å². The third-order valence-corrected chi connectivity index (χ3v) is 7.31. The van der Waals surface area contributed by atoms with Crippen LogP contribution < -0.4 is 15.0 Å². The summed E-state index contributed by atoms with van der Waals surface area (Å²) in [6.45, 7) is 4.18. The van der Waals surface area contributed by atoms with E-state index in [2.05, 4.69) is 82.5 Å². The molecular weight excluding hydrogens is 488 g/mol. The topological polar surface area (TPSA) is 42.3 Å². The largest absolute Gasteiger partial charge is 0.457 e. The van der Waals surface area contributed by atoms with Gasteiger partial charge in [-0.2, -0.15) is 0 Å². The average Bonchev–Trinajstić information content (AvgIpc) is 3.55. The molecule has 3 heterocycles. The van der Waals surface area contributed by atoms with Crippen molar-refractivity contribution in [3.63, 3.8) is 0 Å². The Morgan fingerprint density at radius 1 is 0.789 bits per heavy atom. The first-order chi connectivity index (χ1) is 18.6. The van der Waals surface area contributed by atoms with Gasteiger partial charge in [0.2, 0.25) is 0 Å². The number of nitrogens with zero attached hydrogens (tertiary/aromatic N) is 3. The number of hydrogen-bond donors (Lipinski definition) is 1. The summed E-state index contributed by atoms with van der Waals surface area (Å²) in [6.07, 6.45) is 3.95. The predicted octanol–water partition coefficient (Wildman–Crippen LogP) is 7.46. The quantitative estimate of drug-likeness (QED) is 0.237. The number of anilines is 1. The van der Waals surface area contributed by atoms with Gasteiger partial charge in [0.05, 0.1) is 11.7 Å². The van der Waals surface area contributed by atoms with E-state index in [-0.39, 0.29) is 12.1 Å². The Morgan fingerprint density at radius 3 is 2.26 bits per heavy atom. The second-order valence-electron chi connectivity index (χ2n) is 9.45. The number of para-hydroxylation sites is 2. The molecule has 3 aromatic carbocycles. The summed E-state index contributed by atoms with van der Waals surface area (Å²) >= 11 is 5.94. The normalized spacial score (nSPS) is 16.9. The van der Waals surface area contributed by atoms with E-state index < -0.39 is 0 Å². The number of ether oxygens (including phenoxy) is 1.